The average Bonchev–Trinajstić information content (AvgIpc) is 3.22. The van der Waals surface area contributed by atoms with Crippen LogP contribution in [0.15, 0.2) is 54.9 Å². The first kappa shape index (κ1) is 16.4. The Morgan fingerprint density at radius 3 is 2.69 bits per heavy atom. The van der Waals surface area contributed by atoms with E-state index < -0.39 is 0 Å². The van der Waals surface area contributed by atoms with Crippen LogP contribution in [0.1, 0.15) is 21.7 Å². The lowest BCUT2D eigenvalue weighted by atomic mass is 10.2. The maximum absolute atomic E-state index is 13.2. The van der Waals surface area contributed by atoms with Crippen LogP contribution in [0.5, 0.6) is 0 Å². The van der Waals surface area contributed by atoms with Crippen molar-refractivity contribution in [2.75, 3.05) is 4.90 Å². The molecule has 1 amide bonds. The van der Waals surface area contributed by atoms with Crippen LogP contribution in [0.3, 0.4) is 0 Å². The normalized spacial score (nSPS) is 11.0. The van der Waals surface area contributed by atoms with Gasteiger partial charge in [-0.1, -0.05) is 29.5 Å². The van der Waals surface area contributed by atoms with Gasteiger partial charge in [0, 0.05) is 25.0 Å². The lowest BCUT2D eigenvalue weighted by Gasteiger charge is -2.18. The number of fused-ring (bicyclic) bond motifs is 1. The third-order valence-corrected chi connectivity index (χ3v) is 5.08. The molecule has 3 aromatic heterocycles. The lowest BCUT2D eigenvalue weighted by Crippen LogP contribution is -2.31. The molecule has 0 saturated carbocycles. The zero-order chi connectivity index (χ0) is 18.1. The minimum atomic E-state index is -0.173. The highest BCUT2D eigenvalue weighted by Gasteiger charge is 2.25. The summed E-state index contributed by atoms with van der Waals surface area (Å²) in [6, 6.07) is 13.5. The van der Waals surface area contributed by atoms with Crippen LogP contribution in [0.2, 0.25) is 0 Å². The largest absolute Gasteiger partial charge is 0.281 e. The molecule has 0 fully saturated rings. The number of rotatable bonds is 4. The van der Waals surface area contributed by atoms with Gasteiger partial charge in [-0.15, -0.1) is 0 Å². The number of para-hydroxylation sites is 1. The number of anilines is 1. The van der Waals surface area contributed by atoms with Crippen molar-refractivity contribution < 1.29 is 4.79 Å². The van der Waals surface area contributed by atoms with Gasteiger partial charge in [0.05, 0.1) is 22.5 Å². The van der Waals surface area contributed by atoms with Crippen molar-refractivity contribution in [2.24, 2.45) is 7.05 Å². The second-order valence-corrected chi connectivity index (χ2v) is 7.02. The Morgan fingerprint density at radius 2 is 2.00 bits per heavy atom. The van der Waals surface area contributed by atoms with Gasteiger partial charge in [-0.3, -0.25) is 19.4 Å². The second-order valence-electron chi connectivity index (χ2n) is 6.01. The molecule has 0 radical (unpaired) electrons. The molecule has 0 aliphatic heterocycles. The van der Waals surface area contributed by atoms with E-state index in [1.165, 1.54) is 11.3 Å². The number of pyridine rings is 1. The second kappa shape index (κ2) is 6.68. The summed E-state index contributed by atoms with van der Waals surface area (Å²) in [5.74, 6) is -0.173. The summed E-state index contributed by atoms with van der Waals surface area (Å²) < 4.78 is 2.69. The van der Waals surface area contributed by atoms with Crippen LogP contribution >= 0.6 is 11.3 Å². The van der Waals surface area contributed by atoms with E-state index >= 15 is 0 Å². The number of benzene rings is 1. The van der Waals surface area contributed by atoms with Crippen LogP contribution < -0.4 is 4.90 Å². The van der Waals surface area contributed by atoms with Crippen molar-refractivity contribution in [3.8, 4) is 0 Å². The molecular formula is C19H17N5OS. The lowest BCUT2D eigenvalue weighted by molar-refractivity contribution is 0.0978. The predicted octanol–water partition coefficient (Wildman–Crippen LogP) is 3.58. The van der Waals surface area contributed by atoms with Crippen molar-refractivity contribution in [3.05, 3.63) is 71.8 Å². The molecule has 4 aromatic rings. The molecule has 0 N–H and O–H groups in total. The number of nitrogens with zero attached hydrogens (tertiary/aromatic N) is 5. The summed E-state index contributed by atoms with van der Waals surface area (Å²) in [7, 11) is 1.81. The summed E-state index contributed by atoms with van der Waals surface area (Å²) in [5, 5.41) is 4.98. The average molecular weight is 363 g/mol. The first-order chi connectivity index (χ1) is 12.6. The van der Waals surface area contributed by atoms with Crippen LogP contribution in [0.25, 0.3) is 10.2 Å². The summed E-state index contributed by atoms with van der Waals surface area (Å²) in [4.78, 5) is 23.9. The SMILES string of the molecule is Cc1cn(C)nc1C(=O)N(Cc1ccccn1)c1nc2ccccc2s1. The van der Waals surface area contributed by atoms with E-state index in [0.29, 0.717) is 17.4 Å². The smallest absolute Gasteiger partial charge is 0.276 e. The highest BCUT2D eigenvalue weighted by Crippen LogP contribution is 2.30. The summed E-state index contributed by atoms with van der Waals surface area (Å²) in [6.45, 7) is 2.23. The Morgan fingerprint density at radius 1 is 1.19 bits per heavy atom. The Bertz CT molecular complexity index is 1040. The van der Waals surface area contributed by atoms with Crippen molar-refractivity contribution >= 4 is 32.6 Å². The Labute approximate surface area is 154 Å². The van der Waals surface area contributed by atoms with Gasteiger partial charge < -0.3 is 0 Å². The Balaban J connectivity index is 1.78. The fourth-order valence-corrected chi connectivity index (χ4v) is 3.76. The van der Waals surface area contributed by atoms with Gasteiger partial charge in [0.1, 0.15) is 0 Å². The first-order valence-corrected chi connectivity index (χ1v) is 9.01. The molecule has 7 heteroatoms. The van der Waals surface area contributed by atoms with Gasteiger partial charge in [0.2, 0.25) is 0 Å². The van der Waals surface area contributed by atoms with Crippen molar-refractivity contribution in [1.29, 1.82) is 0 Å². The summed E-state index contributed by atoms with van der Waals surface area (Å²) in [6.07, 6.45) is 3.56. The molecule has 0 unspecified atom stereocenters. The molecule has 130 valence electrons. The number of thiazole rings is 1. The van der Waals surface area contributed by atoms with Crippen LogP contribution in [0, 0.1) is 6.92 Å². The zero-order valence-electron chi connectivity index (χ0n) is 14.5. The topological polar surface area (TPSA) is 63.9 Å². The summed E-state index contributed by atoms with van der Waals surface area (Å²) >= 11 is 1.49. The number of hydrogen-bond acceptors (Lipinski definition) is 5. The van der Waals surface area contributed by atoms with Crippen molar-refractivity contribution in [1.82, 2.24) is 19.7 Å². The van der Waals surface area contributed by atoms with Crippen LogP contribution in [0.4, 0.5) is 5.13 Å². The van der Waals surface area contributed by atoms with Gasteiger partial charge in [0.25, 0.3) is 5.91 Å². The molecular weight excluding hydrogens is 346 g/mol. The third kappa shape index (κ3) is 3.09. The van der Waals surface area contributed by atoms with Gasteiger partial charge in [0.15, 0.2) is 10.8 Å². The highest BCUT2D eigenvalue weighted by atomic mass is 32.1. The number of aryl methyl sites for hydroxylation is 2. The molecule has 4 rings (SSSR count). The van der Waals surface area contributed by atoms with E-state index in [-0.39, 0.29) is 5.91 Å². The standard InChI is InChI=1S/C19H17N5OS/c1-13-11-23(2)22-17(13)18(25)24(12-14-7-5-6-10-20-14)19-21-15-8-3-4-9-16(15)26-19/h3-11H,12H2,1-2H3. The number of carbonyl (C=O) groups is 1. The van der Waals surface area contributed by atoms with Gasteiger partial charge in [-0.25, -0.2) is 4.98 Å². The molecule has 6 nitrogen and oxygen atoms in total. The van der Waals surface area contributed by atoms with Crippen molar-refractivity contribution in [2.45, 2.75) is 13.5 Å². The number of hydrogen-bond donors (Lipinski definition) is 0. The minimum absolute atomic E-state index is 0.173. The number of carbonyl (C=O) groups excluding carboxylic acids is 1. The number of aromatic nitrogens is 4. The van der Waals surface area contributed by atoms with Gasteiger partial charge in [-0.2, -0.15) is 5.10 Å². The molecule has 0 aliphatic rings. The monoisotopic (exact) mass is 363 g/mol. The fourth-order valence-electron chi connectivity index (χ4n) is 2.80. The number of amides is 1. The molecule has 0 saturated heterocycles. The molecule has 3 heterocycles. The predicted molar refractivity (Wildman–Crippen MR) is 102 cm³/mol. The van der Waals surface area contributed by atoms with E-state index in [1.54, 1.807) is 15.8 Å². The molecule has 0 bridgehead atoms. The minimum Gasteiger partial charge on any atom is -0.276 e. The highest BCUT2D eigenvalue weighted by molar-refractivity contribution is 7.22. The van der Waals surface area contributed by atoms with Crippen LogP contribution in [-0.2, 0) is 13.6 Å². The molecule has 0 atom stereocenters. The van der Waals surface area contributed by atoms with E-state index in [0.717, 1.165) is 21.5 Å². The maximum Gasteiger partial charge on any atom is 0.281 e. The molecule has 26 heavy (non-hydrogen) atoms. The Hall–Kier alpha value is -3.06. The quantitative estimate of drug-likeness (QED) is 0.556. The van der Waals surface area contributed by atoms with Gasteiger partial charge in [-0.05, 0) is 31.2 Å². The van der Waals surface area contributed by atoms with E-state index in [2.05, 4.69) is 15.1 Å². The maximum atomic E-state index is 13.2. The summed E-state index contributed by atoms with van der Waals surface area (Å²) in [5.41, 5.74) is 2.95. The molecule has 1 aromatic carbocycles. The van der Waals surface area contributed by atoms with Gasteiger partial charge >= 0.3 is 0 Å². The fraction of sp³-hybridized carbons (Fsp3) is 0.158. The van der Waals surface area contributed by atoms with E-state index in [9.17, 15) is 4.79 Å². The van der Waals surface area contributed by atoms with Crippen LogP contribution in [-0.4, -0.2) is 25.7 Å². The van der Waals surface area contributed by atoms with Crippen molar-refractivity contribution in [3.63, 3.8) is 0 Å². The first-order valence-electron chi connectivity index (χ1n) is 8.19. The van der Waals surface area contributed by atoms with E-state index in [4.69, 9.17) is 0 Å². The third-order valence-electron chi connectivity index (χ3n) is 4.02. The van der Waals surface area contributed by atoms with E-state index in [1.807, 2.05) is 62.6 Å². The Kier molecular flexibility index (Phi) is 4.22. The zero-order valence-corrected chi connectivity index (χ0v) is 15.3. The molecule has 0 spiro atoms. The molecule has 0 aliphatic carbocycles.